The van der Waals surface area contributed by atoms with Crippen LogP contribution in [0.3, 0.4) is 0 Å². The van der Waals surface area contributed by atoms with Crippen LogP contribution in [0.5, 0.6) is 0 Å². The number of fused-ring (bicyclic) bond motifs is 1. The van der Waals surface area contributed by atoms with E-state index in [4.69, 9.17) is 11.6 Å². The summed E-state index contributed by atoms with van der Waals surface area (Å²) >= 11 is 5.75. The zero-order valence-corrected chi connectivity index (χ0v) is 10.7. The molecule has 17 heavy (non-hydrogen) atoms. The van der Waals surface area contributed by atoms with Gasteiger partial charge in [-0.05, 0) is 6.07 Å². The summed E-state index contributed by atoms with van der Waals surface area (Å²) < 4.78 is 1.71. The Hall–Kier alpha value is -1.43. The molecule has 0 bridgehead atoms. The van der Waals surface area contributed by atoms with Crippen molar-refractivity contribution in [2.24, 2.45) is 0 Å². The largest absolute Gasteiger partial charge is 0.304 e. The van der Waals surface area contributed by atoms with Gasteiger partial charge in [0.2, 0.25) is 0 Å². The van der Waals surface area contributed by atoms with Gasteiger partial charge in [0, 0.05) is 25.9 Å². The highest BCUT2D eigenvalue weighted by atomic mass is 35.5. The van der Waals surface area contributed by atoms with Crippen LogP contribution in [-0.4, -0.2) is 41.9 Å². The van der Waals surface area contributed by atoms with Crippen LogP contribution in [-0.2, 0) is 4.84 Å². The first-order valence-corrected chi connectivity index (χ1v) is 5.24. The standard InChI is InChI=1S/C8H5ClN2O.C3H9NO/c9-7-1-6(4-12)8-2-10-5-11(8)3-7;1-4(2)5-3/h1-5H;1-3H3. The molecular weight excluding hydrogens is 242 g/mol. The number of nitrogens with zero attached hydrogens (tertiary/aromatic N) is 3. The van der Waals surface area contributed by atoms with Gasteiger partial charge >= 0.3 is 0 Å². The second kappa shape index (κ2) is 6.34. The summed E-state index contributed by atoms with van der Waals surface area (Å²) in [5, 5.41) is 2.16. The first-order valence-electron chi connectivity index (χ1n) is 4.86. The van der Waals surface area contributed by atoms with Gasteiger partial charge in [-0.2, -0.15) is 5.06 Å². The third-order valence-electron chi connectivity index (χ3n) is 2.01. The first-order chi connectivity index (χ1) is 8.08. The number of imidazole rings is 1. The molecule has 0 spiro atoms. The summed E-state index contributed by atoms with van der Waals surface area (Å²) in [7, 11) is 5.29. The maximum absolute atomic E-state index is 10.6. The normalized spacial score (nSPS) is 10.2. The monoisotopic (exact) mass is 255 g/mol. The molecule has 2 rings (SSSR count). The summed E-state index contributed by atoms with van der Waals surface area (Å²) in [4.78, 5) is 19.1. The number of carbonyl (C=O) groups is 1. The lowest BCUT2D eigenvalue weighted by atomic mass is 10.2. The van der Waals surface area contributed by atoms with Crippen molar-refractivity contribution in [2.45, 2.75) is 0 Å². The molecule has 5 nitrogen and oxygen atoms in total. The molecule has 0 N–H and O–H groups in total. The molecular formula is C11H14ClN3O2. The molecule has 2 aromatic heterocycles. The van der Waals surface area contributed by atoms with Crippen LogP contribution in [0.2, 0.25) is 5.02 Å². The summed E-state index contributed by atoms with van der Waals surface area (Å²) in [6, 6.07) is 1.62. The Morgan fingerprint density at radius 2 is 2.18 bits per heavy atom. The van der Waals surface area contributed by atoms with Crippen molar-refractivity contribution in [3.05, 3.63) is 35.4 Å². The Morgan fingerprint density at radius 1 is 1.53 bits per heavy atom. The van der Waals surface area contributed by atoms with E-state index in [2.05, 4.69) is 9.82 Å². The molecule has 0 atom stereocenters. The van der Waals surface area contributed by atoms with E-state index >= 15 is 0 Å². The third-order valence-corrected chi connectivity index (χ3v) is 2.22. The predicted octanol–water partition coefficient (Wildman–Crippen LogP) is 1.91. The molecule has 0 radical (unpaired) electrons. The second-order valence-electron chi connectivity index (χ2n) is 3.41. The Kier molecular flexibility index (Phi) is 5.09. The predicted molar refractivity (Wildman–Crippen MR) is 66.3 cm³/mol. The molecule has 2 aromatic rings. The topological polar surface area (TPSA) is 46.8 Å². The van der Waals surface area contributed by atoms with Crippen molar-refractivity contribution in [1.29, 1.82) is 0 Å². The lowest BCUT2D eigenvalue weighted by Crippen LogP contribution is -2.07. The molecule has 0 saturated heterocycles. The van der Waals surface area contributed by atoms with Gasteiger partial charge in [-0.15, -0.1) is 0 Å². The Morgan fingerprint density at radius 3 is 2.71 bits per heavy atom. The van der Waals surface area contributed by atoms with E-state index in [9.17, 15) is 4.79 Å². The van der Waals surface area contributed by atoms with Crippen molar-refractivity contribution in [1.82, 2.24) is 14.4 Å². The summed E-state index contributed by atoms with van der Waals surface area (Å²) in [6.45, 7) is 0. The van der Waals surface area contributed by atoms with Crippen molar-refractivity contribution >= 4 is 23.4 Å². The number of hydroxylamine groups is 2. The lowest BCUT2D eigenvalue weighted by molar-refractivity contribution is -0.0855. The van der Waals surface area contributed by atoms with Crippen molar-refractivity contribution in [3.63, 3.8) is 0 Å². The quantitative estimate of drug-likeness (QED) is 0.608. The zero-order valence-electron chi connectivity index (χ0n) is 9.92. The van der Waals surface area contributed by atoms with Crippen LogP contribution in [0.4, 0.5) is 0 Å². The van der Waals surface area contributed by atoms with Crippen LogP contribution < -0.4 is 0 Å². The molecule has 0 aromatic carbocycles. The van der Waals surface area contributed by atoms with E-state index in [0.717, 1.165) is 11.8 Å². The van der Waals surface area contributed by atoms with E-state index < -0.39 is 0 Å². The third kappa shape index (κ3) is 3.81. The molecule has 0 aliphatic heterocycles. The Bertz CT molecular complexity index is 496. The lowest BCUT2D eigenvalue weighted by Gasteiger charge is -2.01. The molecule has 0 aliphatic rings. The number of aldehydes is 1. The van der Waals surface area contributed by atoms with Crippen molar-refractivity contribution in [2.75, 3.05) is 21.2 Å². The van der Waals surface area contributed by atoms with Gasteiger partial charge in [-0.1, -0.05) is 11.6 Å². The molecule has 0 aliphatic carbocycles. The average Bonchev–Trinajstić information content (AvgIpc) is 2.76. The van der Waals surface area contributed by atoms with E-state index in [1.54, 1.807) is 41.4 Å². The van der Waals surface area contributed by atoms with Gasteiger partial charge in [0.05, 0.1) is 30.2 Å². The van der Waals surface area contributed by atoms with Crippen molar-refractivity contribution < 1.29 is 9.63 Å². The number of pyridine rings is 1. The van der Waals surface area contributed by atoms with Gasteiger partial charge in [0.15, 0.2) is 6.29 Å². The van der Waals surface area contributed by atoms with Crippen LogP contribution in [0, 0.1) is 0 Å². The molecule has 0 saturated carbocycles. The molecule has 6 heteroatoms. The highest BCUT2D eigenvalue weighted by molar-refractivity contribution is 6.30. The van der Waals surface area contributed by atoms with E-state index in [-0.39, 0.29) is 0 Å². The molecule has 0 amide bonds. The van der Waals surface area contributed by atoms with Gasteiger partial charge in [0.25, 0.3) is 0 Å². The van der Waals surface area contributed by atoms with Crippen LogP contribution >= 0.6 is 11.6 Å². The maximum Gasteiger partial charge on any atom is 0.152 e. The summed E-state index contributed by atoms with van der Waals surface area (Å²) in [5.41, 5.74) is 1.33. The molecule has 0 unspecified atom stereocenters. The van der Waals surface area contributed by atoms with Gasteiger partial charge in [0.1, 0.15) is 0 Å². The Labute approximate surface area is 105 Å². The second-order valence-corrected chi connectivity index (χ2v) is 3.85. The van der Waals surface area contributed by atoms with E-state index in [1.807, 2.05) is 14.1 Å². The van der Waals surface area contributed by atoms with Crippen LogP contribution in [0.25, 0.3) is 5.52 Å². The maximum atomic E-state index is 10.6. The van der Waals surface area contributed by atoms with Crippen LogP contribution in [0.15, 0.2) is 24.8 Å². The number of hydrogen-bond acceptors (Lipinski definition) is 4. The minimum absolute atomic E-state index is 0.530. The summed E-state index contributed by atoms with van der Waals surface area (Å²) in [6.07, 6.45) is 5.70. The van der Waals surface area contributed by atoms with E-state index in [0.29, 0.717) is 10.6 Å². The van der Waals surface area contributed by atoms with Gasteiger partial charge in [-0.25, -0.2) is 4.98 Å². The number of hydrogen-bond donors (Lipinski definition) is 0. The van der Waals surface area contributed by atoms with Crippen molar-refractivity contribution in [3.8, 4) is 0 Å². The van der Waals surface area contributed by atoms with Crippen LogP contribution in [0.1, 0.15) is 10.4 Å². The minimum atomic E-state index is 0.530. The molecule has 0 fully saturated rings. The zero-order chi connectivity index (χ0) is 12.8. The molecule has 92 valence electrons. The number of aromatic nitrogens is 2. The minimum Gasteiger partial charge on any atom is -0.304 e. The SMILES string of the molecule is CON(C)C.O=Cc1cc(Cl)cn2cncc12. The number of carbonyl (C=O) groups excluding carboxylic acids is 1. The fourth-order valence-electron chi connectivity index (χ4n) is 1.12. The number of rotatable bonds is 2. The number of halogens is 1. The molecule has 2 heterocycles. The highest BCUT2D eigenvalue weighted by Crippen LogP contribution is 2.14. The van der Waals surface area contributed by atoms with E-state index in [1.165, 1.54) is 0 Å². The van der Waals surface area contributed by atoms with Gasteiger partial charge < -0.3 is 9.24 Å². The smallest absolute Gasteiger partial charge is 0.152 e. The summed E-state index contributed by atoms with van der Waals surface area (Å²) in [5.74, 6) is 0. The average molecular weight is 256 g/mol. The first kappa shape index (κ1) is 13.6. The Balaban J connectivity index is 0.000000249. The highest BCUT2D eigenvalue weighted by Gasteiger charge is 2.01. The fraction of sp³-hybridized carbons (Fsp3) is 0.273. The fourth-order valence-corrected chi connectivity index (χ4v) is 1.34. The van der Waals surface area contributed by atoms with Gasteiger partial charge in [-0.3, -0.25) is 4.79 Å².